The summed E-state index contributed by atoms with van der Waals surface area (Å²) in [5, 5.41) is 2.90. The fraction of sp³-hybridized carbons (Fsp3) is 0. The van der Waals surface area contributed by atoms with E-state index in [9.17, 15) is 0 Å². The van der Waals surface area contributed by atoms with Gasteiger partial charge in [0.25, 0.3) is 0 Å². The molecular formula is C7H7CuNS2+2. The first-order valence-corrected chi connectivity index (χ1v) is 3.69. The van der Waals surface area contributed by atoms with Crippen LogP contribution < -0.4 is 5.32 Å². The number of hydrogen-bond acceptors (Lipinski definition) is 1. The second kappa shape index (κ2) is 5.61. The molecule has 1 nitrogen and oxygen atoms in total. The minimum atomic E-state index is 0. The fourth-order valence-corrected chi connectivity index (χ4v) is 0.892. The summed E-state index contributed by atoms with van der Waals surface area (Å²) in [6.07, 6.45) is 0. The zero-order valence-corrected chi connectivity index (χ0v) is 8.20. The molecule has 0 atom stereocenters. The molecule has 1 aromatic rings. The number of para-hydroxylation sites is 1. The van der Waals surface area contributed by atoms with Crippen LogP contribution in [0.4, 0.5) is 5.69 Å². The predicted octanol–water partition coefficient (Wildman–Crippen LogP) is 2.31. The molecule has 4 heteroatoms. The van der Waals surface area contributed by atoms with Crippen LogP contribution in [0.2, 0.25) is 0 Å². The minimum absolute atomic E-state index is 0. The summed E-state index contributed by atoms with van der Waals surface area (Å²) in [5.74, 6) is 0. The average Bonchev–Trinajstić information content (AvgIpc) is 1.88. The van der Waals surface area contributed by atoms with E-state index in [1.54, 1.807) is 0 Å². The van der Waals surface area contributed by atoms with E-state index < -0.39 is 0 Å². The van der Waals surface area contributed by atoms with Gasteiger partial charge >= 0.3 is 17.1 Å². The summed E-state index contributed by atoms with van der Waals surface area (Å²) in [4.78, 5) is 0. The van der Waals surface area contributed by atoms with E-state index in [0.29, 0.717) is 4.32 Å². The maximum Gasteiger partial charge on any atom is 2.00 e. The Hall–Kier alpha value is -0.0205. The molecule has 61 valence electrons. The number of thiol groups is 1. The van der Waals surface area contributed by atoms with Crippen LogP contribution >= 0.6 is 24.8 Å². The van der Waals surface area contributed by atoms with Crippen molar-refractivity contribution in [2.45, 2.75) is 0 Å². The Kier molecular flexibility index (Phi) is 5.60. The van der Waals surface area contributed by atoms with Crippen molar-refractivity contribution in [2.75, 3.05) is 5.32 Å². The summed E-state index contributed by atoms with van der Waals surface area (Å²) in [5.41, 5.74) is 0.975. The molecule has 0 heterocycles. The van der Waals surface area contributed by atoms with Crippen molar-refractivity contribution in [2.24, 2.45) is 0 Å². The van der Waals surface area contributed by atoms with Gasteiger partial charge < -0.3 is 5.32 Å². The molecule has 0 saturated carbocycles. The van der Waals surface area contributed by atoms with Crippen LogP contribution in [0.5, 0.6) is 0 Å². The van der Waals surface area contributed by atoms with Crippen molar-refractivity contribution in [3.05, 3.63) is 30.3 Å². The van der Waals surface area contributed by atoms with Crippen molar-refractivity contribution in [1.82, 2.24) is 0 Å². The molecule has 0 spiro atoms. The summed E-state index contributed by atoms with van der Waals surface area (Å²) in [6.45, 7) is 0. The van der Waals surface area contributed by atoms with E-state index in [0.717, 1.165) is 5.69 Å². The van der Waals surface area contributed by atoms with Crippen molar-refractivity contribution in [3.63, 3.8) is 0 Å². The van der Waals surface area contributed by atoms with Crippen LogP contribution in [0.1, 0.15) is 0 Å². The summed E-state index contributed by atoms with van der Waals surface area (Å²) in [6, 6.07) is 9.69. The summed E-state index contributed by atoms with van der Waals surface area (Å²) >= 11 is 8.66. The van der Waals surface area contributed by atoms with Crippen LogP contribution in [0.15, 0.2) is 30.3 Å². The number of nitrogens with one attached hydrogen (secondary N) is 1. The van der Waals surface area contributed by atoms with E-state index in [1.807, 2.05) is 30.3 Å². The Balaban J connectivity index is 0.000001000. The largest absolute Gasteiger partial charge is 2.00 e. The van der Waals surface area contributed by atoms with Crippen molar-refractivity contribution in [1.29, 1.82) is 0 Å². The first-order chi connectivity index (χ1) is 4.79. The van der Waals surface area contributed by atoms with Crippen LogP contribution in [0.25, 0.3) is 0 Å². The number of thiocarbonyl (C=S) groups is 1. The molecule has 0 aliphatic carbocycles. The quantitative estimate of drug-likeness (QED) is 0.438. The molecule has 0 bridgehead atoms. The molecule has 0 unspecified atom stereocenters. The summed E-state index contributed by atoms with van der Waals surface area (Å²) in [7, 11) is 0. The molecule has 0 fully saturated rings. The van der Waals surface area contributed by atoms with Gasteiger partial charge in [-0.3, -0.25) is 0 Å². The van der Waals surface area contributed by atoms with Gasteiger partial charge in [0.15, 0.2) is 0 Å². The smallest absolute Gasteiger partial charge is 0.341 e. The van der Waals surface area contributed by atoms with Gasteiger partial charge in [0.1, 0.15) is 4.32 Å². The normalized spacial score (nSPS) is 8.09. The number of benzene rings is 1. The second-order valence-electron chi connectivity index (χ2n) is 1.80. The maximum atomic E-state index is 4.73. The van der Waals surface area contributed by atoms with Crippen molar-refractivity contribution < 1.29 is 17.1 Å². The Morgan fingerprint density at radius 3 is 2.27 bits per heavy atom. The van der Waals surface area contributed by atoms with Gasteiger partial charge in [-0.15, -0.1) is 12.6 Å². The second-order valence-corrected chi connectivity index (χ2v) is 2.95. The van der Waals surface area contributed by atoms with E-state index in [2.05, 4.69) is 17.9 Å². The molecule has 0 aromatic heterocycles. The van der Waals surface area contributed by atoms with Crippen LogP contribution in [0.3, 0.4) is 0 Å². The predicted molar refractivity (Wildman–Crippen MR) is 51.6 cm³/mol. The molecule has 1 aromatic carbocycles. The zero-order chi connectivity index (χ0) is 7.40. The summed E-state index contributed by atoms with van der Waals surface area (Å²) < 4.78 is 0.492. The van der Waals surface area contributed by atoms with E-state index >= 15 is 0 Å². The van der Waals surface area contributed by atoms with Gasteiger partial charge in [0.05, 0.1) is 0 Å². The van der Waals surface area contributed by atoms with Gasteiger partial charge in [-0.05, 0) is 12.1 Å². The topological polar surface area (TPSA) is 12.0 Å². The molecule has 0 saturated heterocycles. The van der Waals surface area contributed by atoms with Gasteiger partial charge in [-0.25, -0.2) is 0 Å². The van der Waals surface area contributed by atoms with Gasteiger partial charge in [-0.2, -0.15) is 0 Å². The Labute approximate surface area is 87.5 Å². The number of anilines is 1. The van der Waals surface area contributed by atoms with Crippen molar-refractivity contribution in [3.8, 4) is 0 Å². The third-order valence-corrected chi connectivity index (χ3v) is 1.24. The first-order valence-electron chi connectivity index (χ1n) is 2.84. The molecule has 1 rings (SSSR count). The van der Waals surface area contributed by atoms with Crippen LogP contribution in [0, 0.1) is 0 Å². The third-order valence-electron chi connectivity index (χ3n) is 1.03. The third kappa shape index (κ3) is 4.43. The standard InChI is InChI=1S/C7H7NS2.Cu/c9-7(10)8-6-4-2-1-3-5-6;/h1-5H,(H2,8,9,10);/q;+2. The molecule has 1 radical (unpaired) electrons. The number of hydrogen-bond donors (Lipinski definition) is 2. The zero-order valence-electron chi connectivity index (χ0n) is 5.54. The molecular weight excluding hydrogens is 226 g/mol. The Morgan fingerprint density at radius 2 is 1.82 bits per heavy atom. The van der Waals surface area contributed by atoms with E-state index in [-0.39, 0.29) is 17.1 Å². The van der Waals surface area contributed by atoms with Gasteiger partial charge in [-0.1, -0.05) is 30.4 Å². The minimum Gasteiger partial charge on any atom is -0.341 e. The maximum absolute atomic E-state index is 4.73. The van der Waals surface area contributed by atoms with E-state index in [4.69, 9.17) is 12.2 Å². The SMILES string of the molecule is S=C(S)Nc1ccccc1.[Cu+2]. The Bertz CT molecular complexity index is 225. The average molecular weight is 233 g/mol. The van der Waals surface area contributed by atoms with Crippen LogP contribution in [-0.2, 0) is 17.1 Å². The van der Waals surface area contributed by atoms with Gasteiger partial charge in [0, 0.05) is 5.69 Å². The molecule has 1 N–H and O–H groups in total. The fourth-order valence-electron chi connectivity index (χ4n) is 0.645. The number of rotatable bonds is 1. The molecule has 0 aliphatic heterocycles. The molecule has 11 heavy (non-hydrogen) atoms. The van der Waals surface area contributed by atoms with Crippen molar-refractivity contribution >= 4 is 34.9 Å². The van der Waals surface area contributed by atoms with Crippen LogP contribution in [-0.4, -0.2) is 4.32 Å². The first kappa shape index (κ1) is 11.0. The molecule has 0 aliphatic rings. The van der Waals surface area contributed by atoms with Gasteiger partial charge in [0.2, 0.25) is 0 Å². The monoisotopic (exact) mass is 232 g/mol. The van der Waals surface area contributed by atoms with E-state index in [1.165, 1.54) is 0 Å². The molecule has 0 amide bonds. The Morgan fingerprint density at radius 1 is 1.27 bits per heavy atom.